The fourth-order valence-electron chi connectivity index (χ4n) is 1.38. The Labute approximate surface area is 99.6 Å². The normalized spacial score (nSPS) is 12.4. The summed E-state index contributed by atoms with van der Waals surface area (Å²) in [4.78, 5) is 10.1. The summed E-state index contributed by atoms with van der Waals surface area (Å²) in [5, 5.41) is 13.8. The van der Waals surface area contributed by atoms with Gasteiger partial charge in [-0.25, -0.2) is 0 Å². The highest BCUT2D eigenvalue weighted by Gasteiger charge is 2.07. The first-order chi connectivity index (χ1) is 7.65. The van der Waals surface area contributed by atoms with E-state index >= 15 is 0 Å². The summed E-state index contributed by atoms with van der Waals surface area (Å²) in [6.45, 7) is 3.00. The van der Waals surface area contributed by atoms with Crippen LogP contribution in [0.3, 0.4) is 0 Å². The molecule has 0 saturated carbocycles. The lowest BCUT2D eigenvalue weighted by molar-refractivity contribution is -0.384. The molecule has 0 aliphatic rings. The standard InChI is InChI=1S/C11H16N2O2S/c1-9(12-7-8-16-2)10-3-5-11(6-4-10)13(14)15/h3-6,9,12H,7-8H2,1-2H3. The predicted octanol–water partition coefficient (Wildman–Crippen LogP) is 2.61. The molecule has 5 heteroatoms. The van der Waals surface area contributed by atoms with Crippen LogP contribution in [0.15, 0.2) is 24.3 Å². The van der Waals surface area contributed by atoms with Gasteiger partial charge in [0.05, 0.1) is 4.92 Å². The van der Waals surface area contributed by atoms with E-state index in [2.05, 4.69) is 18.5 Å². The number of hydrogen-bond donors (Lipinski definition) is 1. The van der Waals surface area contributed by atoms with Crippen LogP contribution >= 0.6 is 11.8 Å². The lowest BCUT2D eigenvalue weighted by Crippen LogP contribution is -2.21. The molecule has 0 saturated heterocycles. The molecule has 16 heavy (non-hydrogen) atoms. The largest absolute Gasteiger partial charge is 0.309 e. The van der Waals surface area contributed by atoms with E-state index in [-0.39, 0.29) is 16.7 Å². The molecule has 0 radical (unpaired) electrons. The summed E-state index contributed by atoms with van der Waals surface area (Å²) in [7, 11) is 0. The first-order valence-corrected chi connectivity index (χ1v) is 6.51. The summed E-state index contributed by atoms with van der Waals surface area (Å²) in [6.07, 6.45) is 2.07. The Morgan fingerprint density at radius 1 is 1.44 bits per heavy atom. The van der Waals surface area contributed by atoms with Crippen LogP contribution in [0.25, 0.3) is 0 Å². The van der Waals surface area contributed by atoms with E-state index in [0.29, 0.717) is 0 Å². The van der Waals surface area contributed by atoms with Crippen molar-refractivity contribution in [3.63, 3.8) is 0 Å². The van der Waals surface area contributed by atoms with Crippen LogP contribution in [0.5, 0.6) is 0 Å². The number of nitro benzene ring substituents is 1. The van der Waals surface area contributed by atoms with E-state index in [1.807, 2.05) is 0 Å². The Hall–Kier alpha value is -1.07. The molecular weight excluding hydrogens is 224 g/mol. The second kappa shape index (κ2) is 6.50. The molecule has 0 aliphatic heterocycles. The number of thioether (sulfide) groups is 1. The van der Waals surface area contributed by atoms with Gasteiger partial charge in [-0.2, -0.15) is 11.8 Å². The van der Waals surface area contributed by atoms with Crippen molar-refractivity contribution >= 4 is 17.4 Å². The molecular formula is C11H16N2O2S. The minimum atomic E-state index is -0.379. The topological polar surface area (TPSA) is 55.2 Å². The van der Waals surface area contributed by atoms with Gasteiger partial charge in [0, 0.05) is 30.5 Å². The molecule has 0 aliphatic carbocycles. The fourth-order valence-corrected chi connectivity index (χ4v) is 1.70. The van der Waals surface area contributed by atoms with E-state index < -0.39 is 0 Å². The van der Waals surface area contributed by atoms with Gasteiger partial charge in [-0.3, -0.25) is 10.1 Å². The third-order valence-electron chi connectivity index (χ3n) is 2.36. The molecule has 1 atom stereocenters. The maximum atomic E-state index is 10.5. The number of hydrogen-bond acceptors (Lipinski definition) is 4. The quantitative estimate of drug-likeness (QED) is 0.472. The van der Waals surface area contributed by atoms with Crippen LogP contribution in [0.4, 0.5) is 5.69 Å². The van der Waals surface area contributed by atoms with Crippen molar-refractivity contribution in [2.24, 2.45) is 0 Å². The SMILES string of the molecule is CSCCNC(C)c1ccc([N+](=O)[O-])cc1. The van der Waals surface area contributed by atoms with Gasteiger partial charge in [-0.15, -0.1) is 0 Å². The molecule has 0 spiro atoms. The molecule has 88 valence electrons. The third kappa shape index (κ3) is 3.83. The number of nitrogens with one attached hydrogen (secondary N) is 1. The number of nitrogens with zero attached hydrogens (tertiary/aromatic N) is 1. The van der Waals surface area contributed by atoms with E-state index in [0.717, 1.165) is 17.9 Å². The van der Waals surface area contributed by atoms with E-state index in [9.17, 15) is 10.1 Å². The number of benzene rings is 1. The van der Waals surface area contributed by atoms with Gasteiger partial charge in [0.15, 0.2) is 0 Å². The lowest BCUT2D eigenvalue weighted by atomic mass is 10.1. The van der Waals surface area contributed by atoms with Gasteiger partial charge < -0.3 is 5.32 Å². The third-order valence-corrected chi connectivity index (χ3v) is 2.97. The van der Waals surface area contributed by atoms with Gasteiger partial charge in [0.1, 0.15) is 0 Å². The van der Waals surface area contributed by atoms with Crippen LogP contribution in [-0.4, -0.2) is 23.5 Å². The summed E-state index contributed by atoms with van der Waals surface area (Å²) in [5.74, 6) is 1.07. The van der Waals surface area contributed by atoms with Gasteiger partial charge in [0.25, 0.3) is 5.69 Å². The predicted molar refractivity (Wildman–Crippen MR) is 67.9 cm³/mol. The highest BCUT2D eigenvalue weighted by Crippen LogP contribution is 2.17. The first kappa shape index (κ1) is 13.0. The van der Waals surface area contributed by atoms with Crippen LogP contribution in [0, 0.1) is 10.1 Å². The van der Waals surface area contributed by atoms with Crippen molar-refractivity contribution in [3.05, 3.63) is 39.9 Å². The zero-order valence-corrected chi connectivity index (χ0v) is 10.3. The second-order valence-electron chi connectivity index (χ2n) is 3.52. The van der Waals surface area contributed by atoms with Crippen molar-refractivity contribution in [1.82, 2.24) is 5.32 Å². The molecule has 1 rings (SSSR count). The lowest BCUT2D eigenvalue weighted by Gasteiger charge is -2.13. The molecule has 0 amide bonds. The Morgan fingerprint density at radius 3 is 2.56 bits per heavy atom. The van der Waals surface area contributed by atoms with Crippen molar-refractivity contribution in [3.8, 4) is 0 Å². The highest BCUT2D eigenvalue weighted by molar-refractivity contribution is 7.98. The van der Waals surface area contributed by atoms with Gasteiger partial charge in [0.2, 0.25) is 0 Å². The Morgan fingerprint density at radius 2 is 2.06 bits per heavy atom. The molecule has 1 unspecified atom stereocenters. The van der Waals surface area contributed by atoms with E-state index in [4.69, 9.17) is 0 Å². The van der Waals surface area contributed by atoms with Crippen molar-refractivity contribution in [2.75, 3.05) is 18.6 Å². The monoisotopic (exact) mass is 240 g/mol. The van der Waals surface area contributed by atoms with Crippen LogP contribution in [0.1, 0.15) is 18.5 Å². The molecule has 1 aromatic carbocycles. The van der Waals surface area contributed by atoms with Gasteiger partial charge in [-0.05, 0) is 18.7 Å². The molecule has 0 fully saturated rings. The number of rotatable bonds is 6. The highest BCUT2D eigenvalue weighted by atomic mass is 32.2. The molecule has 1 N–H and O–H groups in total. The number of non-ortho nitro benzene ring substituents is 1. The maximum absolute atomic E-state index is 10.5. The second-order valence-corrected chi connectivity index (χ2v) is 4.50. The zero-order chi connectivity index (χ0) is 12.0. The molecule has 0 heterocycles. The molecule has 0 aromatic heterocycles. The first-order valence-electron chi connectivity index (χ1n) is 5.12. The average Bonchev–Trinajstić information content (AvgIpc) is 2.29. The zero-order valence-electron chi connectivity index (χ0n) is 9.47. The minimum absolute atomic E-state index is 0.139. The van der Waals surface area contributed by atoms with Gasteiger partial charge >= 0.3 is 0 Å². The smallest absolute Gasteiger partial charge is 0.269 e. The van der Waals surface area contributed by atoms with Crippen LogP contribution in [0.2, 0.25) is 0 Å². The maximum Gasteiger partial charge on any atom is 0.269 e. The Kier molecular flexibility index (Phi) is 5.28. The summed E-state index contributed by atoms with van der Waals surface area (Å²) < 4.78 is 0. The summed E-state index contributed by atoms with van der Waals surface area (Å²) in [6, 6.07) is 6.92. The van der Waals surface area contributed by atoms with Crippen molar-refractivity contribution < 1.29 is 4.92 Å². The summed E-state index contributed by atoms with van der Waals surface area (Å²) >= 11 is 1.79. The average molecular weight is 240 g/mol. The molecule has 1 aromatic rings. The van der Waals surface area contributed by atoms with E-state index in [1.54, 1.807) is 36.0 Å². The Balaban J connectivity index is 2.56. The minimum Gasteiger partial charge on any atom is -0.309 e. The van der Waals surface area contributed by atoms with Crippen molar-refractivity contribution in [1.29, 1.82) is 0 Å². The Bertz CT molecular complexity index is 340. The number of nitro groups is 1. The summed E-state index contributed by atoms with van der Waals surface area (Å²) in [5.41, 5.74) is 1.21. The van der Waals surface area contributed by atoms with E-state index in [1.165, 1.54) is 0 Å². The molecule has 4 nitrogen and oxygen atoms in total. The van der Waals surface area contributed by atoms with Crippen LogP contribution < -0.4 is 5.32 Å². The molecule has 0 bridgehead atoms. The van der Waals surface area contributed by atoms with Gasteiger partial charge in [-0.1, -0.05) is 12.1 Å². The fraction of sp³-hybridized carbons (Fsp3) is 0.455. The van der Waals surface area contributed by atoms with Crippen LogP contribution in [-0.2, 0) is 0 Å². The van der Waals surface area contributed by atoms with Crippen molar-refractivity contribution in [2.45, 2.75) is 13.0 Å².